The van der Waals surface area contributed by atoms with Gasteiger partial charge in [-0.05, 0) is 6.42 Å². The molecule has 0 aliphatic carbocycles. The standard InChI is InChI=1S/C17H32O8S/c1-2-3-4-5-6-7-8-9-11-24-12-10-13-25-17(20)15(14-16(18)19)26(21,22)23/h15H,2-14H2,1H3,(H,18,19)(H,21,22,23). The van der Waals surface area contributed by atoms with Gasteiger partial charge in [-0.25, -0.2) is 0 Å². The van der Waals surface area contributed by atoms with Gasteiger partial charge in [0.15, 0.2) is 5.25 Å². The molecule has 2 N–H and O–H groups in total. The van der Waals surface area contributed by atoms with Gasteiger partial charge in [0.2, 0.25) is 0 Å². The fourth-order valence-corrected chi connectivity index (χ4v) is 3.00. The highest BCUT2D eigenvalue weighted by Crippen LogP contribution is 2.09. The van der Waals surface area contributed by atoms with Gasteiger partial charge >= 0.3 is 11.9 Å². The summed E-state index contributed by atoms with van der Waals surface area (Å²) in [5, 5.41) is 6.48. The zero-order valence-electron chi connectivity index (χ0n) is 15.5. The minimum atomic E-state index is -4.81. The number of unbranched alkanes of at least 4 members (excludes halogenated alkanes) is 7. The van der Waals surface area contributed by atoms with Crippen molar-refractivity contribution >= 4 is 22.1 Å². The number of carboxylic acids is 1. The molecule has 0 spiro atoms. The molecule has 0 saturated heterocycles. The number of ether oxygens (including phenoxy) is 2. The highest BCUT2D eigenvalue weighted by Gasteiger charge is 2.34. The van der Waals surface area contributed by atoms with E-state index in [-0.39, 0.29) is 6.61 Å². The predicted octanol–water partition coefficient (Wildman–Crippen LogP) is 2.81. The van der Waals surface area contributed by atoms with Crippen LogP contribution in [0, 0.1) is 0 Å². The molecule has 0 aromatic carbocycles. The van der Waals surface area contributed by atoms with E-state index in [1.165, 1.54) is 38.5 Å². The van der Waals surface area contributed by atoms with E-state index in [9.17, 15) is 18.0 Å². The monoisotopic (exact) mass is 396 g/mol. The lowest BCUT2D eigenvalue weighted by molar-refractivity contribution is -0.147. The number of hydrogen-bond donors (Lipinski definition) is 2. The molecule has 0 heterocycles. The molecule has 154 valence electrons. The number of carboxylic acid groups (broad SMARTS) is 1. The Kier molecular flexibility index (Phi) is 14.2. The molecule has 0 rings (SSSR count). The van der Waals surface area contributed by atoms with Crippen molar-refractivity contribution in [3.63, 3.8) is 0 Å². The van der Waals surface area contributed by atoms with Crippen LogP contribution in [0.25, 0.3) is 0 Å². The summed E-state index contributed by atoms with van der Waals surface area (Å²) in [6.45, 7) is 3.08. The zero-order chi connectivity index (χ0) is 19.8. The van der Waals surface area contributed by atoms with Crippen LogP contribution in [0.1, 0.15) is 71.1 Å². The fourth-order valence-electron chi connectivity index (χ4n) is 2.34. The predicted molar refractivity (Wildman–Crippen MR) is 96.6 cm³/mol. The van der Waals surface area contributed by atoms with Crippen LogP contribution in [0.4, 0.5) is 0 Å². The summed E-state index contributed by atoms with van der Waals surface area (Å²) < 4.78 is 41.0. The van der Waals surface area contributed by atoms with Gasteiger partial charge in [0.25, 0.3) is 10.1 Å². The third-order valence-corrected chi connectivity index (χ3v) is 4.88. The smallest absolute Gasteiger partial charge is 0.327 e. The summed E-state index contributed by atoms with van der Waals surface area (Å²) in [6.07, 6.45) is 9.01. The van der Waals surface area contributed by atoms with Crippen LogP contribution in [0.5, 0.6) is 0 Å². The fraction of sp³-hybridized carbons (Fsp3) is 0.882. The van der Waals surface area contributed by atoms with E-state index in [0.717, 1.165) is 12.8 Å². The normalized spacial score (nSPS) is 12.7. The molecular formula is C17H32O8S. The average molecular weight is 397 g/mol. The van der Waals surface area contributed by atoms with Crippen LogP contribution in [0.2, 0.25) is 0 Å². The van der Waals surface area contributed by atoms with Gasteiger partial charge in [-0.1, -0.05) is 51.9 Å². The maximum atomic E-state index is 11.6. The first-order chi connectivity index (χ1) is 12.3. The molecule has 0 bridgehead atoms. The molecule has 9 heteroatoms. The van der Waals surface area contributed by atoms with Crippen molar-refractivity contribution in [1.82, 2.24) is 0 Å². The summed E-state index contributed by atoms with van der Waals surface area (Å²) in [4.78, 5) is 22.1. The Labute approximate surface area is 156 Å². The van der Waals surface area contributed by atoms with Gasteiger partial charge in [0, 0.05) is 19.6 Å². The lowest BCUT2D eigenvalue weighted by atomic mass is 10.1. The van der Waals surface area contributed by atoms with Crippen molar-refractivity contribution in [1.29, 1.82) is 0 Å². The summed E-state index contributed by atoms with van der Waals surface area (Å²) in [6, 6.07) is 0. The van der Waals surface area contributed by atoms with Crippen molar-refractivity contribution in [3.05, 3.63) is 0 Å². The Bertz CT molecular complexity index is 489. The van der Waals surface area contributed by atoms with Crippen LogP contribution in [-0.2, 0) is 29.2 Å². The molecule has 1 unspecified atom stereocenters. The third-order valence-electron chi connectivity index (χ3n) is 3.80. The van der Waals surface area contributed by atoms with E-state index < -0.39 is 33.7 Å². The maximum absolute atomic E-state index is 11.6. The lowest BCUT2D eigenvalue weighted by Crippen LogP contribution is -2.34. The van der Waals surface area contributed by atoms with Crippen LogP contribution in [-0.4, -0.2) is 55.1 Å². The summed E-state index contributed by atoms with van der Waals surface area (Å²) >= 11 is 0. The van der Waals surface area contributed by atoms with Gasteiger partial charge in [-0.15, -0.1) is 0 Å². The van der Waals surface area contributed by atoms with Crippen LogP contribution >= 0.6 is 0 Å². The molecule has 0 aromatic rings. The molecule has 0 aromatic heterocycles. The first kappa shape index (κ1) is 24.8. The van der Waals surface area contributed by atoms with E-state index in [4.69, 9.17) is 19.1 Å². The van der Waals surface area contributed by atoms with Crippen LogP contribution in [0.3, 0.4) is 0 Å². The van der Waals surface area contributed by atoms with Crippen LogP contribution < -0.4 is 0 Å². The molecule has 0 saturated carbocycles. The molecule has 1 atom stereocenters. The number of carbonyl (C=O) groups excluding carboxylic acids is 1. The Hall–Kier alpha value is -1.19. The van der Waals surface area contributed by atoms with E-state index in [0.29, 0.717) is 19.6 Å². The first-order valence-corrected chi connectivity index (χ1v) is 10.7. The van der Waals surface area contributed by atoms with Crippen molar-refractivity contribution in [2.24, 2.45) is 0 Å². The molecule has 0 amide bonds. The van der Waals surface area contributed by atoms with Gasteiger partial charge in [0.1, 0.15) is 0 Å². The molecule has 0 aliphatic heterocycles. The summed E-state index contributed by atoms with van der Waals surface area (Å²) in [5.74, 6) is -2.78. The maximum Gasteiger partial charge on any atom is 0.327 e. The van der Waals surface area contributed by atoms with Gasteiger partial charge in [-0.3, -0.25) is 14.1 Å². The number of carbonyl (C=O) groups is 2. The van der Waals surface area contributed by atoms with E-state index in [1.54, 1.807) is 0 Å². The largest absolute Gasteiger partial charge is 0.481 e. The van der Waals surface area contributed by atoms with Crippen molar-refractivity contribution in [3.8, 4) is 0 Å². The molecular weight excluding hydrogens is 364 g/mol. The Balaban J connectivity index is 3.64. The van der Waals surface area contributed by atoms with Gasteiger partial charge in [0.05, 0.1) is 13.0 Å². The SMILES string of the molecule is CCCCCCCCCCOCCCOC(=O)C(CC(=O)O)S(=O)(=O)O. The van der Waals surface area contributed by atoms with Crippen molar-refractivity contribution in [2.75, 3.05) is 19.8 Å². The number of hydrogen-bond acceptors (Lipinski definition) is 6. The highest BCUT2D eigenvalue weighted by molar-refractivity contribution is 7.87. The number of esters is 1. The van der Waals surface area contributed by atoms with Crippen molar-refractivity contribution < 1.29 is 37.1 Å². The second kappa shape index (κ2) is 14.9. The molecule has 0 aliphatic rings. The van der Waals surface area contributed by atoms with Gasteiger partial charge < -0.3 is 14.6 Å². The lowest BCUT2D eigenvalue weighted by Gasteiger charge is -2.11. The van der Waals surface area contributed by atoms with E-state index >= 15 is 0 Å². The van der Waals surface area contributed by atoms with Gasteiger partial charge in [-0.2, -0.15) is 8.42 Å². The highest BCUT2D eigenvalue weighted by atomic mass is 32.2. The van der Waals surface area contributed by atoms with Crippen molar-refractivity contribution in [2.45, 2.75) is 76.4 Å². The van der Waals surface area contributed by atoms with E-state index in [1.807, 2.05) is 0 Å². The first-order valence-electron chi connectivity index (χ1n) is 9.21. The summed E-state index contributed by atoms with van der Waals surface area (Å²) in [7, 11) is -4.81. The number of aliphatic carboxylic acids is 1. The summed E-state index contributed by atoms with van der Waals surface area (Å²) in [5.41, 5.74) is 0. The Morgan fingerprint density at radius 1 is 0.885 bits per heavy atom. The molecule has 0 radical (unpaired) electrons. The molecule has 0 fully saturated rings. The van der Waals surface area contributed by atoms with E-state index in [2.05, 4.69) is 6.92 Å². The second-order valence-electron chi connectivity index (χ2n) is 6.21. The quantitative estimate of drug-likeness (QED) is 0.218. The van der Waals surface area contributed by atoms with Crippen LogP contribution in [0.15, 0.2) is 0 Å². The average Bonchev–Trinajstić information content (AvgIpc) is 2.55. The topological polar surface area (TPSA) is 127 Å². The minimum absolute atomic E-state index is 0.0953. The minimum Gasteiger partial charge on any atom is -0.481 e. The second-order valence-corrected chi connectivity index (χ2v) is 7.81. The zero-order valence-corrected chi connectivity index (χ0v) is 16.3. The number of rotatable bonds is 17. The molecule has 8 nitrogen and oxygen atoms in total. The Morgan fingerprint density at radius 2 is 1.42 bits per heavy atom. The third kappa shape index (κ3) is 14.0. The Morgan fingerprint density at radius 3 is 1.96 bits per heavy atom. The molecule has 26 heavy (non-hydrogen) atoms.